The molecule has 0 saturated carbocycles. The van der Waals surface area contributed by atoms with E-state index in [2.05, 4.69) is 40.3 Å². The number of pyridine rings is 1. The standard InChI is InChI=1S/C25H20ClN3OS/c1-16-5-4-6-19(15-16)29-24(23(28-25(29)31)20-7-2-3-14-27-20)22-13-12-21(30-22)17-8-10-18(26)11-9-17/h2-15,23-24H,1H3,(H,28,31)/t23-,24-/m0/s1. The van der Waals surface area contributed by atoms with E-state index in [0.29, 0.717) is 10.1 Å². The van der Waals surface area contributed by atoms with Gasteiger partial charge in [0.1, 0.15) is 17.6 Å². The number of nitrogens with zero attached hydrogens (tertiary/aromatic N) is 2. The Bertz CT molecular complexity index is 1220. The molecule has 31 heavy (non-hydrogen) atoms. The van der Waals surface area contributed by atoms with Crippen LogP contribution in [0.3, 0.4) is 0 Å². The third-order valence-electron chi connectivity index (χ3n) is 5.42. The van der Waals surface area contributed by atoms with E-state index in [0.717, 1.165) is 28.5 Å². The highest BCUT2D eigenvalue weighted by Crippen LogP contribution is 2.43. The molecule has 4 nitrogen and oxygen atoms in total. The lowest BCUT2D eigenvalue weighted by atomic mass is 10.0. The van der Waals surface area contributed by atoms with Crippen LogP contribution in [0.4, 0.5) is 5.69 Å². The van der Waals surface area contributed by atoms with Crippen LogP contribution >= 0.6 is 23.8 Å². The Balaban J connectivity index is 1.60. The zero-order valence-corrected chi connectivity index (χ0v) is 18.4. The Morgan fingerprint density at radius 2 is 1.84 bits per heavy atom. The molecule has 1 aliphatic heterocycles. The lowest BCUT2D eigenvalue weighted by molar-refractivity contribution is 0.439. The molecule has 0 unspecified atom stereocenters. The molecule has 154 valence electrons. The Labute approximate surface area is 191 Å². The normalized spacial score (nSPS) is 18.3. The molecule has 3 heterocycles. The molecule has 0 bridgehead atoms. The van der Waals surface area contributed by atoms with Crippen molar-refractivity contribution >= 4 is 34.6 Å². The minimum atomic E-state index is -0.176. The number of hydrogen-bond donors (Lipinski definition) is 1. The maximum absolute atomic E-state index is 6.36. The van der Waals surface area contributed by atoms with Gasteiger partial charge in [-0.15, -0.1) is 0 Å². The molecule has 0 amide bonds. The molecule has 0 spiro atoms. The van der Waals surface area contributed by atoms with E-state index in [9.17, 15) is 0 Å². The van der Waals surface area contributed by atoms with Crippen molar-refractivity contribution in [2.75, 3.05) is 4.90 Å². The predicted octanol–water partition coefficient (Wildman–Crippen LogP) is 6.48. The van der Waals surface area contributed by atoms with Crippen LogP contribution in [0, 0.1) is 6.92 Å². The fourth-order valence-electron chi connectivity index (χ4n) is 3.98. The van der Waals surface area contributed by atoms with Gasteiger partial charge in [0.2, 0.25) is 0 Å². The molecule has 5 rings (SSSR count). The van der Waals surface area contributed by atoms with Crippen LogP contribution in [0.1, 0.15) is 29.1 Å². The zero-order chi connectivity index (χ0) is 21.4. The van der Waals surface area contributed by atoms with Gasteiger partial charge in [0.05, 0.1) is 11.7 Å². The van der Waals surface area contributed by atoms with Crippen LogP contribution in [-0.4, -0.2) is 10.1 Å². The molecule has 4 aromatic rings. The second-order valence-corrected chi connectivity index (χ2v) is 8.37. The second kappa shape index (κ2) is 8.17. The van der Waals surface area contributed by atoms with Gasteiger partial charge < -0.3 is 14.6 Å². The Kier molecular flexibility index (Phi) is 5.22. The van der Waals surface area contributed by atoms with Crippen molar-refractivity contribution in [1.82, 2.24) is 10.3 Å². The highest BCUT2D eigenvalue weighted by molar-refractivity contribution is 7.80. The number of thiocarbonyl (C=S) groups is 1. The van der Waals surface area contributed by atoms with Gasteiger partial charge in [0.15, 0.2) is 5.11 Å². The zero-order valence-electron chi connectivity index (χ0n) is 16.8. The van der Waals surface area contributed by atoms with Gasteiger partial charge in [-0.2, -0.15) is 0 Å². The fraction of sp³-hybridized carbons (Fsp3) is 0.120. The van der Waals surface area contributed by atoms with Crippen molar-refractivity contribution in [3.8, 4) is 11.3 Å². The lowest BCUT2D eigenvalue weighted by Gasteiger charge is -2.26. The van der Waals surface area contributed by atoms with E-state index < -0.39 is 0 Å². The number of halogens is 1. The Hall–Kier alpha value is -3.15. The molecule has 2 aromatic carbocycles. The van der Waals surface area contributed by atoms with E-state index in [4.69, 9.17) is 28.2 Å². The van der Waals surface area contributed by atoms with Gasteiger partial charge in [0.25, 0.3) is 0 Å². The molecule has 1 saturated heterocycles. The number of benzene rings is 2. The highest BCUT2D eigenvalue weighted by Gasteiger charge is 2.42. The van der Waals surface area contributed by atoms with Crippen LogP contribution in [0.25, 0.3) is 11.3 Å². The number of nitrogens with one attached hydrogen (secondary N) is 1. The van der Waals surface area contributed by atoms with Crippen molar-refractivity contribution < 1.29 is 4.42 Å². The Morgan fingerprint density at radius 1 is 1.00 bits per heavy atom. The quantitative estimate of drug-likeness (QED) is 0.364. The van der Waals surface area contributed by atoms with Gasteiger partial charge >= 0.3 is 0 Å². The van der Waals surface area contributed by atoms with Gasteiger partial charge in [-0.25, -0.2) is 0 Å². The second-order valence-electron chi connectivity index (χ2n) is 7.54. The van der Waals surface area contributed by atoms with Crippen LogP contribution in [0.15, 0.2) is 89.5 Å². The highest BCUT2D eigenvalue weighted by atomic mass is 35.5. The molecule has 2 aromatic heterocycles. The molecular formula is C25H20ClN3OS. The number of aromatic nitrogens is 1. The minimum Gasteiger partial charge on any atom is -0.459 e. The van der Waals surface area contributed by atoms with E-state index >= 15 is 0 Å². The summed E-state index contributed by atoms with van der Waals surface area (Å²) >= 11 is 11.8. The first-order chi connectivity index (χ1) is 15.1. The fourth-order valence-corrected chi connectivity index (χ4v) is 4.45. The van der Waals surface area contributed by atoms with Crippen LogP contribution < -0.4 is 10.2 Å². The average molecular weight is 446 g/mol. The van der Waals surface area contributed by atoms with Crippen LogP contribution in [-0.2, 0) is 0 Å². The maximum Gasteiger partial charge on any atom is 0.174 e. The van der Waals surface area contributed by atoms with E-state index in [1.165, 1.54) is 5.56 Å². The topological polar surface area (TPSA) is 41.3 Å². The van der Waals surface area contributed by atoms with E-state index in [1.54, 1.807) is 6.20 Å². The predicted molar refractivity (Wildman–Crippen MR) is 128 cm³/mol. The first-order valence-corrected chi connectivity index (χ1v) is 10.8. The number of anilines is 1. The van der Waals surface area contributed by atoms with E-state index in [-0.39, 0.29) is 12.1 Å². The third kappa shape index (κ3) is 3.82. The van der Waals surface area contributed by atoms with E-state index in [1.807, 2.05) is 60.7 Å². The smallest absolute Gasteiger partial charge is 0.174 e. The van der Waals surface area contributed by atoms with Gasteiger partial charge in [-0.05, 0) is 85.4 Å². The van der Waals surface area contributed by atoms with Crippen molar-refractivity contribution in [1.29, 1.82) is 0 Å². The number of hydrogen-bond acceptors (Lipinski definition) is 3. The summed E-state index contributed by atoms with van der Waals surface area (Å²) in [5.41, 5.74) is 4.07. The van der Waals surface area contributed by atoms with Crippen molar-refractivity contribution in [3.63, 3.8) is 0 Å². The number of aryl methyl sites for hydroxylation is 1. The van der Waals surface area contributed by atoms with Gasteiger partial charge in [-0.3, -0.25) is 4.98 Å². The molecule has 2 atom stereocenters. The van der Waals surface area contributed by atoms with Gasteiger partial charge in [0, 0.05) is 22.5 Å². The molecule has 6 heteroatoms. The summed E-state index contributed by atoms with van der Waals surface area (Å²) in [4.78, 5) is 6.70. The first kappa shape index (κ1) is 19.8. The molecule has 0 radical (unpaired) electrons. The van der Waals surface area contributed by atoms with Crippen LogP contribution in [0.5, 0.6) is 0 Å². The van der Waals surface area contributed by atoms with Crippen LogP contribution in [0.2, 0.25) is 5.02 Å². The minimum absolute atomic E-state index is 0.140. The SMILES string of the molecule is Cc1cccc(N2C(=S)N[C@@H](c3ccccn3)[C@@H]2c2ccc(-c3ccc(Cl)cc3)o2)c1. The average Bonchev–Trinajstić information content (AvgIpc) is 3.39. The summed E-state index contributed by atoms with van der Waals surface area (Å²) in [6.07, 6.45) is 1.80. The summed E-state index contributed by atoms with van der Waals surface area (Å²) in [6.45, 7) is 2.08. The molecule has 1 fully saturated rings. The molecule has 0 aliphatic carbocycles. The third-order valence-corrected chi connectivity index (χ3v) is 5.99. The molecule has 1 aliphatic rings. The summed E-state index contributed by atoms with van der Waals surface area (Å²) in [5.74, 6) is 1.60. The maximum atomic E-state index is 6.36. The van der Waals surface area contributed by atoms with Gasteiger partial charge in [-0.1, -0.05) is 29.8 Å². The largest absolute Gasteiger partial charge is 0.459 e. The lowest BCUT2D eigenvalue weighted by Crippen LogP contribution is -2.29. The monoisotopic (exact) mass is 445 g/mol. The number of rotatable bonds is 4. The summed E-state index contributed by atoms with van der Waals surface area (Å²) in [7, 11) is 0. The Morgan fingerprint density at radius 3 is 2.58 bits per heavy atom. The van der Waals surface area contributed by atoms with Crippen molar-refractivity contribution in [2.45, 2.75) is 19.0 Å². The molecular weight excluding hydrogens is 426 g/mol. The van der Waals surface area contributed by atoms with Crippen molar-refractivity contribution in [3.05, 3.63) is 107 Å². The summed E-state index contributed by atoms with van der Waals surface area (Å²) < 4.78 is 6.36. The molecule has 1 N–H and O–H groups in total. The first-order valence-electron chi connectivity index (χ1n) is 10.0. The number of furan rings is 1. The summed E-state index contributed by atoms with van der Waals surface area (Å²) in [5, 5.41) is 4.81. The summed E-state index contributed by atoms with van der Waals surface area (Å²) in [6, 6.07) is 25.5. The van der Waals surface area contributed by atoms with Crippen molar-refractivity contribution in [2.24, 2.45) is 0 Å².